The predicted molar refractivity (Wildman–Crippen MR) is 82.3 cm³/mol. The summed E-state index contributed by atoms with van der Waals surface area (Å²) in [5.74, 6) is 0. The Labute approximate surface area is 125 Å². The van der Waals surface area contributed by atoms with Crippen molar-refractivity contribution in [2.24, 2.45) is 5.73 Å². The highest BCUT2D eigenvalue weighted by Crippen LogP contribution is 2.42. The molecule has 0 saturated carbocycles. The predicted octanol–water partition coefficient (Wildman–Crippen LogP) is 3.38. The van der Waals surface area contributed by atoms with Crippen LogP contribution in [0.25, 0.3) is 0 Å². The molecule has 2 N–H and O–H groups in total. The van der Waals surface area contributed by atoms with Crippen molar-refractivity contribution in [2.75, 3.05) is 0 Å². The number of aryl methyl sites for hydroxylation is 1. The number of rotatable bonds is 3. The van der Waals surface area contributed by atoms with E-state index in [4.69, 9.17) is 5.73 Å². The Hall–Kier alpha value is -0.780. The van der Waals surface area contributed by atoms with Crippen LogP contribution in [0.2, 0.25) is 0 Å². The van der Waals surface area contributed by atoms with Crippen molar-refractivity contribution in [1.82, 2.24) is 9.78 Å². The Balaban J connectivity index is 1.87. The molecule has 2 atom stereocenters. The second kappa shape index (κ2) is 5.31. The molecule has 0 bridgehead atoms. The number of hydrogen-bond acceptors (Lipinski definition) is 3. The van der Waals surface area contributed by atoms with Gasteiger partial charge in [-0.2, -0.15) is 5.10 Å². The van der Waals surface area contributed by atoms with Gasteiger partial charge in [0.05, 0.1) is 22.4 Å². The van der Waals surface area contributed by atoms with Crippen molar-refractivity contribution < 1.29 is 0 Å². The van der Waals surface area contributed by atoms with E-state index in [1.807, 2.05) is 22.6 Å². The van der Waals surface area contributed by atoms with E-state index in [2.05, 4.69) is 52.2 Å². The summed E-state index contributed by atoms with van der Waals surface area (Å²) in [4.78, 5) is 1.36. The number of benzene rings is 1. The van der Waals surface area contributed by atoms with Gasteiger partial charge in [-0.1, -0.05) is 18.2 Å². The normalized spacial score (nSPS) is 19.4. The van der Waals surface area contributed by atoms with Crippen molar-refractivity contribution >= 4 is 27.7 Å². The molecule has 1 aromatic carbocycles. The largest absolute Gasteiger partial charge is 0.322 e. The van der Waals surface area contributed by atoms with Gasteiger partial charge in [-0.3, -0.25) is 4.68 Å². The first kappa shape index (κ1) is 13.2. The van der Waals surface area contributed by atoms with Crippen LogP contribution < -0.4 is 5.73 Å². The topological polar surface area (TPSA) is 43.8 Å². The third kappa shape index (κ3) is 2.35. The third-order valence-corrected chi connectivity index (χ3v) is 5.55. The maximum Gasteiger partial charge on any atom is 0.0704 e. The molecule has 3 rings (SSSR count). The van der Waals surface area contributed by atoms with E-state index in [0.717, 1.165) is 23.1 Å². The summed E-state index contributed by atoms with van der Waals surface area (Å²) >= 11 is 5.45. The maximum absolute atomic E-state index is 6.49. The fraction of sp³-hybridized carbons (Fsp3) is 0.357. The summed E-state index contributed by atoms with van der Waals surface area (Å²) in [5, 5.41) is 4.74. The van der Waals surface area contributed by atoms with Gasteiger partial charge in [0.2, 0.25) is 0 Å². The quantitative estimate of drug-likeness (QED) is 0.933. The van der Waals surface area contributed by atoms with Gasteiger partial charge in [-0.15, -0.1) is 11.8 Å². The fourth-order valence-electron chi connectivity index (χ4n) is 2.54. The van der Waals surface area contributed by atoms with Crippen molar-refractivity contribution in [3.8, 4) is 0 Å². The Morgan fingerprint density at radius 1 is 1.53 bits per heavy atom. The van der Waals surface area contributed by atoms with E-state index in [1.54, 1.807) is 0 Å². The summed E-state index contributed by atoms with van der Waals surface area (Å²) in [5.41, 5.74) is 9.00. The fourth-order valence-corrected chi connectivity index (χ4v) is 4.43. The van der Waals surface area contributed by atoms with E-state index in [-0.39, 0.29) is 6.04 Å². The first-order chi connectivity index (χ1) is 9.20. The molecule has 5 heteroatoms. The number of aromatic nitrogens is 2. The number of thioether (sulfide) groups is 1. The summed E-state index contributed by atoms with van der Waals surface area (Å²) in [6.07, 6.45) is 2.87. The van der Waals surface area contributed by atoms with Crippen LogP contribution in [-0.2, 0) is 13.0 Å². The monoisotopic (exact) mass is 337 g/mol. The van der Waals surface area contributed by atoms with Crippen LogP contribution in [-0.4, -0.2) is 15.0 Å². The zero-order chi connectivity index (χ0) is 13.4. The molecule has 1 aromatic heterocycles. The smallest absolute Gasteiger partial charge is 0.0704 e. The lowest BCUT2D eigenvalue weighted by Crippen LogP contribution is -2.26. The lowest BCUT2D eigenvalue weighted by Gasteiger charge is -2.20. The lowest BCUT2D eigenvalue weighted by molar-refractivity contribution is 0.556. The van der Waals surface area contributed by atoms with Gasteiger partial charge < -0.3 is 5.73 Å². The second-order valence-corrected chi connectivity index (χ2v) is 6.82. The molecule has 1 aliphatic rings. The van der Waals surface area contributed by atoms with E-state index >= 15 is 0 Å². The average molecular weight is 338 g/mol. The Bertz CT molecular complexity index is 571. The minimum absolute atomic E-state index is 0.00535. The Morgan fingerprint density at radius 3 is 3.05 bits per heavy atom. The molecule has 0 radical (unpaired) electrons. The van der Waals surface area contributed by atoms with Crippen LogP contribution in [0.5, 0.6) is 0 Å². The molecule has 0 saturated heterocycles. The third-order valence-electron chi connectivity index (χ3n) is 3.52. The first-order valence-corrected chi connectivity index (χ1v) is 8.09. The molecule has 2 heterocycles. The van der Waals surface area contributed by atoms with Crippen LogP contribution in [0, 0.1) is 0 Å². The molecular weight excluding hydrogens is 322 g/mol. The van der Waals surface area contributed by atoms with Crippen molar-refractivity contribution in [2.45, 2.75) is 36.1 Å². The number of fused-ring (bicyclic) bond motifs is 1. The van der Waals surface area contributed by atoms with Crippen LogP contribution in [0.1, 0.15) is 24.2 Å². The molecule has 0 fully saturated rings. The summed E-state index contributed by atoms with van der Waals surface area (Å²) in [6, 6.07) is 8.56. The van der Waals surface area contributed by atoms with E-state index < -0.39 is 0 Å². The molecule has 2 aromatic rings. The lowest BCUT2D eigenvalue weighted by atomic mass is 10.0. The highest BCUT2D eigenvalue weighted by molar-refractivity contribution is 9.10. The highest BCUT2D eigenvalue weighted by Gasteiger charge is 2.31. The van der Waals surface area contributed by atoms with Crippen LogP contribution in [0.4, 0.5) is 0 Å². The molecule has 1 aliphatic heterocycles. The Kier molecular flexibility index (Phi) is 3.69. The molecule has 0 amide bonds. The van der Waals surface area contributed by atoms with Gasteiger partial charge in [-0.05, 0) is 40.9 Å². The zero-order valence-corrected chi connectivity index (χ0v) is 13.1. The van der Waals surface area contributed by atoms with Crippen LogP contribution in [0.3, 0.4) is 0 Å². The number of hydrogen-bond donors (Lipinski definition) is 1. The minimum atomic E-state index is -0.00535. The molecule has 19 heavy (non-hydrogen) atoms. The number of nitrogens with zero attached hydrogens (tertiary/aromatic N) is 2. The van der Waals surface area contributed by atoms with Crippen molar-refractivity contribution in [1.29, 1.82) is 0 Å². The van der Waals surface area contributed by atoms with E-state index in [0.29, 0.717) is 5.25 Å². The summed E-state index contributed by atoms with van der Waals surface area (Å²) < 4.78 is 3.00. The van der Waals surface area contributed by atoms with Crippen molar-refractivity contribution in [3.05, 3.63) is 46.2 Å². The van der Waals surface area contributed by atoms with Gasteiger partial charge in [0.15, 0.2) is 0 Å². The standard InChI is InChI=1S/C14H16BrN3S/c1-2-18-14(10(15)8-17-18)13(16)12-7-9-5-3-4-6-11(9)19-12/h3-6,8,12-13H,2,7,16H2,1H3. The van der Waals surface area contributed by atoms with Gasteiger partial charge in [-0.25, -0.2) is 0 Å². The number of nitrogens with two attached hydrogens (primary N) is 1. The molecular formula is C14H16BrN3S. The first-order valence-electron chi connectivity index (χ1n) is 6.42. The molecule has 0 aliphatic carbocycles. The second-order valence-electron chi connectivity index (χ2n) is 4.69. The maximum atomic E-state index is 6.49. The number of halogens is 1. The average Bonchev–Trinajstić information content (AvgIpc) is 3.01. The highest BCUT2D eigenvalue weighted by atomic mass is 79.9. The minimum Gasteiger partial charge on any atom is -0.322 e. The van der Waals surface area contributed by atoms with Crippen LogP contribution >= 0.6 is 27.7 Å². The molecule has 100 valence electrons. The zero-order valence-electron chi connectivity index (χ0n) is 10.7. The van der Waals surface area contributed by atoms with Crippen molar-refractivity contribution in [3.63, 3.8) is 0 Å². The SMILES string of the molecule is CCn1ncc(Br)c1C(N)C1Cc2ccccc2S1. The molecule has 2 unspecified atom stereocenters. The Morgan fingerprint density at radius 2 is 2.32 bits per heavy atom. The van der Waals surface area contributed by atoms with Gasteiger partial charge in [0.1, 0.15) is 0 Å². The van der Waals surface area contributed by atoms with Gasteiger partial charge >= 0.3 is 0 Å². The molecule has 3 nitrogen and oxygen atoms in total. The van der Waals surface area contributed by atoms with E-state index in [1.165, 1.54) is 10.5 Å². The van der Waals surface area contributed by atoms with Gasteiger partial charge in [0, 0.05) is 16.7 Å². The summed E-state index contributed by atoms with van der Waals surface area (Å²) in [6.45, 7) is 2.94. The van der Waals surface area contributed by atoms with E-state index in [9.17, 15) is 0 Å². The summed E-state index contributed by atoms with van der Waals surface area (Å²) in [7, 11) is 0. The van der Waals surface area contributed by atoms with Crippen LogP contribution in [0.15, 0.2) is 39.8 Å². The molecule has 0 spiro atoms. The van der Waals surface area contributed by atoms with Gasteiger partial charge in [0.25, 0.3) is 0 Å².